The molecule has 0 amide bonds. The first-order chi connectivity index (χ1) is 9.28. The predicted molar refractivity (Wildman–Crippen MR) is 81.0 cm³/mol. The average molecular weight is 282 g/mol. The minimum absolute atomic E-state index is 0.443. The van der Waals surface area contributed by atoms with E-state index < -0.39 is 0 Å². The van der Waals surface area contributed by atoms with Crippen molar-refractivity contribution in [2.24, 2.45) is 5.92 Å². The molecule has 1 saturated carbocycles. The molecule has 0 heterocycles. The van der Waals surface area contributed by atoms with Crippen LogP contribution in [0, 0.1) is 5.92 Å². The summed E-state index contributed by atoms with van der Waals surface area (Å²) in [6, 6.07) is 8.03. The third-order valence-electron chi connectivity index (χ3n) is 4.02. The summed E-state index contributed by atoms with van der Waals surface area (Å²) >= 11 is 5.86. The van der Waals surface area contributed by atoms with Crippen LogP contribution in [-0.2, 0) is 0 Å². The van der Waals surface area contributed by atoms with Crippen LogP contribution in [-0.4, -0.2) is 19.7 Å². The molecule has 2 rings (SSSR count). The van der Waals surface area contributed by atoms with Crippen LogP contribution in [0.3, 0.4) is 0 Å². The van der Waals surface area contributed by atoms with Crippen molar-refractivity contribution >= 4 is 11.6 Å². The number of ether oxygens (including phenoxy) is 1. The Bertz CT molecular complexity index is 360. The summed E-state index contributed by atoms with van der Waals surface area (Å²) in [6.07, 6.45) is 8.22. The van der Waals surface area contributed by atoms with Crippen molar-refractivity contribution in [2.75, 3.05) is 13.7 Å². The zero-order valence-corrected chi connectivity index (χ0v) is 12.5. The van der Waals surface area contributed by atoms with E-state index in [4.69, 9.17) is 16.3 Å². The zero-order chi connectivity index (χ0) is 13.5. The predicted octanol–water partition coefficient (Wildman–Crippen LogP) is 4.28. The Kier molecular flexibility index (Phi) is 5.99. The van der Waals surface area contributed by atoms with Gasteiger partial charge in [0.25, 0.3) is 0 Å². The van der Waals surface area contributed by atoms with Gasteiger partial charge >= 0.3 is 0 Å². The fourth-order valence-corrected chi connectivity index (χ4v) is 2.95. The van der Waals surface area contributed by atoms with Gasteiger partial charge in [-0.25, -0.2) is 0 Å². The van der Waals surface area contributed by atoms with Crippen LogP contribution in [0.1, 0.15) is 38.5 Å². The summed E-state index contributed by atoms with van der Waals surface area (Å²) in [5, 5.41) is 4.13. The SMILES string of the molecule is CNC(COc1ccc(Cl)cc1)CC1CCCCC1. The lowest BCUT2D eigenvalue weighted by Gasteiger charge is -2.26. The van der Waals surface area contributed by atoms with Crippen LogP contribution >= 0.6 is 11.6 Å². The van der Waals surface area contributed by atoms with Crippen LogP contribution in [0.5, 0.6) is 5.75 Å². The highest BCUT2D eigenvalue weighted by Crippen LogP contribution is 2.27. The number of nitrogens with one attached hydrogen (secondary N) is 1. The zero-order valence-electron chi connectivity index (χ0n) is 11.7. The van der Waals surface area contributed by atoms with Gasteiger partial charge in [0.2, 0.25) is 0 Å². The van der Waals surface area contributed by atoms with E-state index in [-0.39, 0.29) is 0 Å². The van der Waals surface area contributed by atoms with E-state index in [0.717, 1.165) is 23.3 Å². The molecule has 1 aliphatic carbocycles. The van der Waals surface area contributed by atoms with Gasteiger partial charge in [-0.3, -0.25) is 0 Å². The van der Waals surface area contributed by atoms with Crippen molar-refractivity contribution in [1.82, 2.24) is 5.32 Å². The summed E-state index contributed by atoms with van der Waals surface area (Å²) in [5.41, 5.74) is 0. The van der Waals surface area contributed by atoms with Gasteiger partial charge in [0, 0.05) is 11.1 Å². The van der Waals surface area contributed by atoms with E-state index >= 15 is 0 Å². The number of likely N-dealkylation sites (N-methyl/N-ethyl adjacent to an activating group) is 1. The van der Waals surface area contributed by atoms with Gasteiger partial charge in [0.05, 0.1) is 0 Å². The molecule has 1 fully saturated rings. The fourth-order valence-electron chi connectivity index (χ4n) is 2.82. The number of benzene rings is 1. The molecule has 0 radical (unpaired) electrons. The van der Waals surface area contributed by atoms with Gasteiger partial charge < -0.3 is 10.1 Å². The molecule has 0 aromatic heterocycles. The van der Waals surface area contributed by atoms with Crippen LogP contribution in [0.25, 0.3) is 0 Å². The molecule has 1 aliphatic rings. The Morgan fingerprint density at radius 2 is 1.89 bits per heavy atom. The second kappa shape index (κ2) is 7.76. The maximum Gasteiger partial charge on any atom is 0.119 e. The van der Waals surface area contributed by atoms with Gasteiger partial charge in [0.15, 0.2) is 0 Å². The maximum absolute atomic E-state index is 5.86. The Labute approximate surface area is 121 Å². The lowest BCUT2D eigenvalue weighted by Crippen LogP contribution is -2.34. The topological polar surface area (TPSA) is 21.3 Å². The van der Waals surface area contributed by atoms with Crippen molar-refractivity contribution < 1.29 is 4.74 Å². The van der Waals surface area contributed by atoms with Crippen molar-refractivity contribution in [3.8, 4) is 5.75 Å². The van der Waals surface area contributed by atoms with E-state index in [1.165, 1.54) is 38.5 Å². The first-order valence-corrected chi connectivity index (χ1v) is 7.71. The molecule has 2 nitrogen and oxygen atoms in total. The molecule has 0 aliphatic heterocycles. The molecule has 0 bridgehead atoms. The molecule has 1 aromatic carbocycles. The normalized spacial score (nSPS) is 18.2. The van der Waals surface area contributed by atoms with Gasteiger partial charge in [-0.05, 0) is 43.7 Å². The number of hydrogen-bond acceptors (Lipinski definition) is 2. The Balaban J connectivity index is 1.76. The molecule has 0 spiro atoms. The molecular weight excluding hydrogens is 258 g/mol. The van der Waals surface area contributed by atoms with Crippen molar-refractivity contribution in [1.29, 1.82) is 0 Å². The maximum atomic E-state index is 5.86. The Morgan fingerprint density at radius 3 is 2.53 bits per heavy atom. The summed E-state index contributed by atoms with van der Waals surface area (Å²) in [4.78, 5) is 0. The van der Waals surface area contributed by atoms with Gasteiger partial charge in [-0.15, -0.1) is 0 Å². The van der Waals surface area contributed by atoms with E-state index in [9.17, 15) is 0 Å². The molecular formula is C16H24ClNO. The largest absolute Gasteiger partial charge is 0.492 e. The molecule has 0 saturated heterocycles. The minimum atomic E-state index is 0.443. The van der Waals surface area contributed by atoms with Gasteiger partial charge in [-0.1, -0.05) is 43.7 Å². The van der Waals surface area contributed by atoms with E-state index in [1.54, 1.807) is 0 Å². The van der Waals surface area contributed by atoms with Crippen molar-refractivity contribution in [2.45, 2.75) is 44.6 Å². The summed E-state index contributed by atoms with van der Waals surface area (Å²) in [7, 11) is 2.03. The number of hydrogen-bond donors (Lipinski definition) is 1. The van der Waals surface area contributed by atoms with Crippen LogP contribution in [0.15, 0.2) is 24.3 Å². The van der Waals surface area contributed by atoms with E-state index in [2.05, 4.69) is 5.32 Å². The lowest BCUT2D eigenvalue weighted by atomic mass is 9.85. The quantitative estimate of drug-likeness (QED) is 0.840. The fraction of sp³-hybridized carbons (Fsp3) is 0.625. The molecule has 3 heteroatoms. The molecule has 1 aromatic rings. The molecule has 19 heavy (non-hydrogen) atoms. The minimum Gasteiger partial charge on any atom is -0.492 e. The second-order valence-corrected chi connectivity index (χ2v) is 5.93. The van der Waals surface area contributed by atoms with Crippen LogP contribution < -0.4 is 10.1 Å². The van der Waals surface area contributed by atoms with E-state index in [0.29, 0.717) is 6.04 Å². The summed E-state index contributed by atoms with van der Waals surface area (Å²) < 4.78 is 5.83. The first-order valence-electron chi connectivity index (χ1n) is 7.33. The summed E-state index contributed by atoms with van der Waals surface area (Å²) in [6.45, 7) is 0.731. The molecule has 1 unspecified atom stereocenters. The number of halogens is 1. The average Bonchev–Trinajstić information content (AvgIpc) is 2.46. The van der Waals surface area contributed by atoms with Crippen molar-refractivity contribution in [3.05, 3.63) is 29.3 Å². The first kappa shape index (κ1) is 14.7. The third-order valence-corrected chi connectivity index (χ3v) is 4.27. The summed E-state index contributed by atoms with van der Waals surface area (Å²) in [5.74, 6) is 1.77. The second-order valence-electron chi connectivity index (χ2n) is 5.49. The van der Waals surface area contributed by atoms with Crippen LogP contribution in [0.4, 0.5) is 0 Å². The van der Waals surface area contributed by atoms with Gasteiger partial charge in [0.1, 0.15) is 12.4 Å². The highest BCUT2D eigenvalue weighted by Gasteiger charge is 2.18. The van der Waals surface area contributed by atoms with Gasteiger partial charge in [-0.2, -0.15) is 0 Å². The Morgan fingerprint density at radius 1 is 1.21 bits per heavy atom. The standard InChI is InChI=1S/C16H24ClNO/c1-18-15(11-13-5-3-2-4-6-13)12-19-16-9-7-14(17)8-10-16/h7-10,13,15,18H,2-6,11-12H2,1H3. The lowest BCUT2D eigenvalue weighted by molar-refractivity contribution is 0.226. The van der Waals surface area contributed by atoms with E-state index in [1.807, 2.05) is 31.3 Å². The molecule has 1 N–H and O–H groups in total. The molecule has 106 valence electrons. The molecule has 1 atom stereocenters. The highest BCUT2D eigenvalue weighted by atomic mass is 35.5. The Hall–Kier alpha value is -0.730. The number of rotatable bonds is 6. The van der Waals surface area contributed by atoms with Crippen molar-refractivity contribution in [3.63, 3.8) is 0 Å². The third kappa shape index (κ3) is 5.04. The van der Waals surface area contributed by atoms with Crippen LogP contribution in [0.2, 0.25) is 5.02 Å². The monoisotopic (exact) mass is 281 g/mol. The highest BCUT2D eigenvalue weighted by molar-refractivity contribution is 6.30. The smallest absolute Gasteiger partial charge is 0.119 e.